The summed E-state index contributed by atoms with van der Waals surface area (Å²) in [5.74, 6) is 0.535. The van der Waals surface area contributed by atoms with Crippen LogP contribution in [0.5, 0.6) is 11.5 Å². The molecule has 0 atom stereocenters. The van der Waals surface area contributed by atoms with E-state index in [1.165, 1.54) is 0 Å². The van der Waals surface area contributed by atoms with Crippen molar-refractivity contribution in [1.82, 2.24) is 0 Å². The number of halogens is 1. The minimum atomic E-state index is -0.433. The van der Waals surface area contributed by atoms with Gasteiger partial charge in [-0.05, 0) is 110 Å². The second-order valence-corrected chi connectivity index (χ2v) is 10.7. The molecule has 0 aliphatic carbocycles. The van der Waals surface area contributed by atoms with Gasteiger partial charge in [-0.3, -0.25) is 9.79 Å². The van der Waals surface area contributed by atoms with E-state index in [1.807, 2.05) is 24.3 Å². The smallest absolute Gasteiger partial charge is 0.330 e. The normalized spacial score (nSPS) is 10.7. The van der Waals surface area contributed by atoms with Gasteiger partial charge in [-0.2, -0.15) is 0 Å². The molecule has 0 spiro atoms. The number of hydrogen-bond donors (Lipinski definition) is 0. The first-order valence-corrected chi connectivity index (χ1v) is 15.2. The maximum Gasteiger partial charge on any atom is 0.330 e. The molecule has 0 aliphatic rings. The fraction of sp³-hybridized carbons (Fsp3) is 0.235. The molecule has 0 heterocycles. The molecule has 8 nitrogen and oxygen atoms in total. The third kappa shape index (κ3) is 12.5. The Labute approximate surface area is 266 Å². The van der Waals surface area contributed by atoms with Gasteiger partial charge in [0, 0.05) is 28.8 Å². The van der Waals surface area contributed by atoms with Crippen LogP contribution in [-0.4, -0.2) is 49.7 Å². The Hall–Kier alpha value is -4.34. The van der Waals surface area contributed by atoms with Gasteiger partial charge in [-0.15, -0.1) is 0 Å². The summed E-state index contributed by atoms with van der Waals surface area (Å²) >= 11 is 7.54. The van der Waals surface area contributed by atoms with Crippen LogP contribution in [0.15, 0.2) is 102 Å². The van der Waals surface area contributed by atoms with E-state index < -0.39 is 11.9 Å². The van der Waals surface area contributed by atoms with Crippen molar-refractivity contribution in [2.24, 2.45) is 4.99 Å². The summed E-state index contributed by atoms with van der Waals surface area (Å²) in [6, 6.07) is 19.7. The second kappa shape index (κ2) is 19.0. The number of thioether (sulfide) groups is 1. The zero-order valence-electron chi connectivity index (χ0n) is 24.2. The Bertz CT molecular complexity index is 1440. The van der Waals surface area contributed by atoms with E-state index in [2.05, 4.69) is 18.2 Å². The number of carbonyl (C=O) groups excluding carboxylic acids is 3. The average Bonchev–Trinajstić information content (AvgIpc) is 3.04. The van der Waals surface area contributed by atoms with Crippen molar-refractivity contribution in [3.63, 3.8) is 0 Å². The summed E-state index contributed by atoms with van der Waals surface area (Å²) < 4.78 is 21.3. The highest BCUT2D eigenvalue weighted by molar-refractivity contribution is 8.14. The number of carbonyl (C=O) groups is 3. The van der Waals surface area contributed by atoms with Crippen molar-refractivity contribution in [2.45, 2.75) is 30.6 Å². The number of rotatable bonds is 18. The molecule has 44 heavy (non-hydrogen) atoms. The van der Waals surface area contributed by atoms with Crippen molar-refractivity contribution in [1.29, 1.82) is 0 Å². The summed E-state index contributed by atoms with van der Waals surface area (Å²) in [5, 5.41) is 0.312. The van der Waals surface area contributed by atoms with Crippen LogP contribution in [0.2, 0.25) is 5.02 Å². The van der Waals surface area contributed by atoms with Crippen LogP contribution in [0, 0.1) is 0 Å². The lowest BCUT2D eigenvalue weighted by Gasteiger charge is -2.08. The number of aliphatic imine (C=N–C) groups is 1. The molecule has 0 radical (unpaired) electrons. The number of ether oxygens (including phenoxy) is 4. The predicted molar refractivity (Wildman–Crippen MR) is 174 cm³/mol. The summed E-state index contributed by atoms with van der Waals surface area (Å²) in [4.78, 5) is 40.0. The number of unbranched alkanes of at least 4 members (excludes halogenated alkanes) is 2. The maximum absolute atomic E-state index is 12.8. The number of nitrogens with zero attached hydrogens (tertiary/aromatic N) is 1. The highest BCUT2D eigenvalue weighted by Crippen LogP contribution is 2.32. The lowest BCUT2D eigenvalue weighted by Crippen LogP contribution is -2.04. The average molecular weight is 636 g/mol. The van der Waals surface area contributed by atoms with Crippen molar-refractivity contribution < 1.29 is 33.3 Å². The molecular formula is C34H34ClNO7S. The van der Waals surface area contributed by atoms with E-state index in [4.69, 9.17) is 30.5 Å². The Morgan fingerprint density at radius 2 is 1.25 bits per heavy atom. The van der Waals surface area contributed by atoms with Crippen LogP contribution in [0.3, 0.4) is 0 Å². The Morgan fingerprint density at radius 1 is 0.727 bits per heavy atom. The third-order valence-corrected chi connectivity index (χ3v) is 7.10. The minimum absolute atomic E-state index is 0.119. The fourth-order valence-electron chi connectivity index (χ4n) is 3.55. The van der Waals surface area contributed by atoms with Gasteiger partial charge >= 0.3 is 11.9 Å². The number of esters is 2. The molecule has 3 aromatic rings. The number of benzene rings is 3. The molecule has 0 saturated carbocycles. The van der Waals surface area contributed by atoms with Gasteiger partial charge in [0.1, 0.15) is 11.5 Å². The van der Waals surface area contributed by atoms with E-state index in [0.29, 0.717) is 66.2 Å². The van der Waals surface area contributed by atoms with Gasteiger partial charge in [-0.25, -0.2) is 9.59 Å². The van der Waals surface area contributed by atoms with Gasteiger partial charge in [0.05, 0.1) is 37.1 Å². The zero-order chi connectivity index (χ0) is 31.6. The van der Waals surface area contributed by atoms with Gasteiger partial charge < -0.3 is 18.9 Å². The van der Waals surface area contributed by atoms with Crippen molar-refractivity contribution in [3.8, 4) is 11.5 Å². The summed E-state index contributed by atoms with van der Waals surface area (Å²) in [6.45, 7) is 8.36. The predicted octanol–water partition coefficient (Wildman–Crippen LogP) is 7.80. The molecule has 10 heteroatoms. The monoisotopic (exact) mass is 635 g/mol. The van der Waals surface area contributed by atoms with Crippen LogP contribution < -0.4 is 9.47 Å². The largest absolute Gasteiger partial charge is 0.494 e. The van der Waals surface area contributed by atoms with E-state index in [9.17, 15) is 14.4 Å². The SMILES string of the molecule is C=CC(=O)OCCCCOc1ccc(/C=N/c2ccc(SC(=O)c3ccc(OCCCCOC(=O)C=C)cc3)cc2Cl)cc1. The van der Waals surface area contributed by atoms with Gasteiger partial charge in [-0.1, -0.05) is 24.8 Å². The lowest BCUT2D eigenvalue weighted by molar-refractivity contribution is -0.138. The standard InChI is InChI=1S/C34H34ClNO7S/c1-3-32(37)42-21-7-5-19-40-27-13-9-25(10-14-27)24-36-31-18-17-29(23-30(31)35)44-34(39)26-11-15-28(16-12-26)41-20-6-8-22-43-33(38)4-2/h3-4,9-18,23-24H,1-2,5-8,19-22H2/b36-24+. The summed E-state index contributed by atoms with van der Waals surface area (Å²) in [7, 11) is 0. The second-order valence-electron chi connectivity index (χ2n) is 9.21. The van der Waals surface area contributed by atoms with Crippen LogP contribution >= 0.6 is 23.4 Å². The maximum atomic E-state index is 12.8. The molecule has 3 aromatic carbocycles. The number of hydrogen-bond acceptors (Lipinski definition) is 9. The first-order valence-electron chi connectivity index (χ1n) is 14.0. The van der Waals surface area contributed by atoms with Gasteiger partial charge in [0.25, 0.3) is 0 Å². The highest BCUT2D eigenvalue weighted by atomic mass is 35.5. The first-order chi connectivity index (χ1) is 21.4. The Morgan fingerprint density at radius 3 is 1.77 bits per heavy atom. The fourth-order valence-corrected chi connectivity index (χ4v) is 4.63. The van der Waals surface area contributed by atoms with Gasteiger partial charge in [0.15, 0.2) is 0 Å². The highest BCUT2D eigenvalue weighted by Gasteiger charge is 2.10. The molecule has 0 aromatic heterocycles. The quantitative estimate of drug-likeness (QED) is 0.0459. The molecule has 230 valence electrons. The first kappa shape index (κ1) is 34.2. The van der Waals surface area contributed by atoms with E-state index >= 15 is 0 Å². The third-order valence-electron chi connectivity index (χ3n) is 5.89. The summed E-state index contributed by atoms with van der Waals surface area (Å²) in [5.41, 5.74) is 2.00. The Kier molecular flexibility index (Phi) is 14.8. The zero-order valence-corrected chi connectivity index (χ0v) is 25.8. The van der Waals surface area contributed by atoms with Gasteiger partial charge in [0.2, 0.25) is 5.12 Å². The van der Waals surface area contributed by atoms with Crippen molar-refractivity contribution in [2.75, 3.05) is 26.4 Å². The Balaban J connectivity index is 1.41. The molecule has 0 N–H and O–H groups in total. The van der Waals surface area contributed by atoms with Crippen molar-refractivity contribution >= 4 is 52.3 Å². The molecule has 0 fully saturated rings. The van der Waals surface area contributed by atoms with Crippen LogP contribution in [-0.2, 0) is 19.1 Å². The minimum Gasteiger partial charge on any atom is -0.494 e. The molecule has 0 unspecified atom stereocenters. The van der Waals surface area contributed by atoms with E-state index in [-0.39, 0.29) is 5.12 Å². The van der Waals surface area contributed by atoms with E-state index in [1.54, 1.807) is 48.7 Å². The molecular weight excluding hydrogens is 602 g/mol. The topological polar surface area (TPSA) is 100 Å². The molecule has 0 aliphatic heterocycles. The van der Waals surface area contributed by atoms with Crippen LogP contribution in [0.4, 0.5) is 5.69 Å². The van der Waals surface area contributed by atoms with Crippen molar-refractivity contribution in [3.05, 3.63) is 108 Å². The lowest BCUT2D eigenvalue weighted by atomic mass is 10.2. The molecule has 0 amide bonds. The van der Waals surface area contributed by atoms with E-state index in [0.717, 1.165) is 48.1 Å². The van der Waals surface area contributed by atoms with Crippen LogP contribution in [0.25, 0.3) is 0 Å². The molecule has 0 bridgehead atoms. The van der Waals surface area contributed by atoms with Crippen LogP contribution in [0.1, 0.15) is 41.6 Å². The summed E-state index contributed by atoms with van der Waals surface area (Å²) in [6.07, 6.45) is 6.86. The molecule has 0 saturated heterocycles. The molecule has 3 rings (SSSR count).